The van der Waals surface area contributed by atoms with Crippen LogP contribution in [0, 0.1) is 0 Å². The molecule has 5 nitrogen and oxygen atoms in total. The van der Waals surface area contributed by atoms with E-state index in [9.17, 15) is 4.79 Å². The van der Waals surface area contributed by atoms with Crippen LogP contribution in [0.3, 0.4) is 0 Å². The number of carbonyl (C=O) groups is 1. The van der Waals surface area contributed by atoms with Gasteiger partial charge in [0.15, 0.2) is 4.96 Å². The van der Waals surface area contributed by atoms with E-state index in [1.54, 1.807) is 22.7 Å². The van der Waals surface area contributed by atoms with E-state index in [1.807, 2.05) is 70.0 Å². The molecule has 5 rings (SSSR count). The number of nitrogens with zero attached hydrogens (tertiary/aromatic N) is 3. The molecule has 0 saturated carbocycles. The number of thiazole rings is 1. The van der Waals surface area contributed by atoms with Gasteiger partial charge in [-0.1, -0.05) is 24.3 Å². The van der Waals surface area contributed by atoms with Crippen molar-refractivity contribution in [2.45, 2.75) is 6.54 Å². The second-order valence-corrected chi connectivity index (χ2v) is 7.88. The van der Waals surface area contributed by atoms with Crippen LogP contribution >= 0.6 is 22.7 Å². The van der Waals surface area contributed by atoms with Crippen molar-refractivity contribution in [3.05, 3.63) is 76.9 Å². The van der Waals surface area contributed by atoms with Crippen molar-refractivity contribution in [2.75, 3.05) is 0 Å². The van der Waals surface area contributed by atoms with E-state index in [4.69, 9.17) is 4.98 Å². The summed E-state index contributed by atoms with van der Waals surface area (Å²) in [6.07, 6.45) is 3.90. The van der Waals surface area contributed by atoms with Crippen molar-refractivity contribution in [3.63, 3.8) is 0 Å². The quantitative estimate of drug-likeness (QED) is 0.488. The number of hydrogen-bond donors (Lipinski definition) is 1. The summed E-state index contributed by atoms with van der Waals surface area (Å²) < 4.78 is 1.96. The van der Waals surface area contributed by atoms with E-state index in [0.29, 0.717) is 12.1 Å². The number of fused-ring (bicyclic) bond motifs is 2. The zero-order valence-electron chi connectivity index (χ0n) is 14.1. The van der Waals surface area contributed by atoms with Crippen molar-refractivity contribution in [1.82, 2.24) is 19.7 Å². The molecule has 27 heavy (non-hydrogen) atoms. The Morgan fingerprint density at radius 3 is 2.85 bits per heavy atom. The molecular weight excluding hydrogens is 376 g/mol. The lowest BCUT2D eigenvalue weighted by atomic mass is 10.1. The Balaban J connectivity index is 1.48. The fourth-order valence-electron chi connectivity index (χ4n) is 3.04. The molecule has 0 unspecified atom stereocenters. The number of hydrogen-bond acceptors (Lipinski definition) is 5. The molecule has 0 saturated heterocycles. The average Bonchev–Trinajstić information content (AvgIpc) is 3.42. The van der Waals surface area contributed by atoms with Gasteiger partial charge < -0.3 is 5.32 Å². The van der Waals surface area contributed by atoms with Crippen LogP contribution in [0.1, 0.15) is 16.1 Å². The summed E-state index contributed by atoms with van der Waals surface area (Å²) in [4.78, 5) is 24.1. The molecule has 1 N–H and O–H groups in total. The number of pyridine rings is 1. The number of para-hydroxylation sites is 1. The molecule has 0 fully saturated rings. The van der Waals surface area contributed by atoms with Gasteiger partial charge in [-0.25, -0.2) is 9.97 Å². The summed E-state index contributed by atoms with van der Waals surface area (Å²) >= 11 is 3.19. The topological polar surface area (TPSA) is 59.3 Å². The van der Waals surface area contributed by atoms with Crippen molar-refractivity contribution < 1.29 is 4.79 Å². The molecule has 0 radical (unpaired) electrons. The van der Waals surface area contributed by atoms with Gasteiger partial charge in [0.25, 0.3) is 5.91 Å². The molecule has 0 aliphatic carbocycles. The molecule has 0 spiro atoms. The smallest absolute Gasteiger partial charge is 0.252 e. The molecular formula is C20H14N4OS2. The number of rotatable bonds is 4. The molecule has 132 valence electrons. The van der Waals surface area contributed by atoms with Crippen LogP contribution in [0.4, 0.5) is 0 Å². The van der Waals surface area contributed by atoms with Gasteiger partial charge in [-0.3, -0.25) is 9.20 Å². The fraction of sp³-hybridized carbons (Fsp3) is 0.0500. The van der Waals surface area contributed by atoms with Gasteiger partial charge in [-0.05, 0) is 23.6 Å². The lowest BCUT2D eigenvalue weighted by Gasteiger charge is -2.09. The second-order valence-electron chi connectivity index (χ2n) is 6.06. The highest BCUT2D eigenvalue weighted by Gasteiger charge is 2.15. The van der Waals surface area contributed by atoms with E-state index in [-0.39, 0.29) is 5.91 Å². The van der Waals surface area contributed by atoms with E-state index in [2.05, 4.69) is 10.3 Å². The highest BCUT2D eigenvalue weighted by molar-refractivity contribution is 7.15. The van der Waals surface area contributed by atoms with E-state index < -0.39 is 0 Å². The number of benzene rings is 1. The first-order valence-corrected chi connectivity index (χ1v) is 10.2. The third kappa shape index (κ3) is 3.01. The zero-order chi connectivity index (χ0) is 18.2. The monoisotopic (exact) mass is 390 g/mol. The summed E-state index contributed by atoms with van der Waals surface area (Å²) in [6.45, 7) is 0.387. The Kier molecular flexibility index (Phi) is 3.95. The summed E-state index contributed by atoms with van der Waals surface area (Å²) in [7, 11) is 0. The first-order valence-electron chi connectivity index (χ1n) is 8.41. The van der Waals surface area contributed by atoms with Gasteiger partial charge in [-0.2, -0.15) is 0 Å². The Bertz CT molecular complexity index is 1230. The number of imidazole rings is 1. The number of amides is 1. The van der Waals surface area contributed by atoms with E-state index in [1.165, 1.54) is 0 Å². The maximum absolute atomic E-state index is 12.9. The zero-order valence-corrected chi connectivity index (χ0v) is 15.8. The molecule has 4 aromatic heterocycles. The van der Waals surface area contributed by atoms with Crippen LogP contribution in [0.25, 0.3) is 26.4 Å². The lowest BCUT2D eigenvalue weighted by molar-refractivity contribution is 0.0952. The SMILES string of the molecule is O=C(NCc1cn2ccsc2n1)c1cc(-c2cccs2)nc2ccccc12. The number of aromatic nitrogens is 3. The standard InChI is InChI=1S/C20H14N4OS2/c25-19(21-11-13-12-24-7-9-27-20(24)22-13)15-10-17(18-6-3-8-26-18)23-16-5-2-1-4-14(15)16/h1-10,12H,11H2,(H,21,25). The van der Waals surface area contributed by atoms with Gasteiger partial charge in [0.1, 0.15) is 0 Å². The van der Waals surface area contributed by atoms with Crippen molar-refractivity contribution >= 4 is 44.4 Å². The highest BCUT2D eigenvalue weighted by Crippen LogP contribution is 2.27. The Morgan fingerprint density at radius 1 is 1.07 bits per heavy atom. The molecule has 1 aromatic carbocycles. The molecule has 0 aliphatic rings. The fourth-order valence-corrected chi connectivity index (χ4v) is 4.45. The Labute approximate surface area is 163 Å². The Hall–Kier alpha value is -3.03. The predicted octanol–water partition coefficient (Wildman–Crippen LogP) is 4.60. The normalized spacial score (nSPS) is 11.3. The minimum atomic E-state index is -0.122. The van der Waals surface area contributed by atoms with Gasteiger partial charge in [-0.15, -0.1) is 22.7 Å². The van der Waals surface area contributed by atoms with Gasteiger partial charge >= 0.3 is 0 Å². The molecule has 4 heterocycles. The van der Waals surface area contributed by atoms with Crippen molar-refractivity contribution in [3.8, 4) is 10.6 Å². The molecule has 7 heteroatoms. The Morgan fingerprint density at radius 2 is 2.00 bits per heavy atom. The summed E-state index contributed by atoms with van der Waals surface area (Å²) in [5.74, 6) is -0.122. The third-order valence-corrected chi connectivity index (χ3v) is 5.97. The molecule has 1 amide bonds. The maximum Gasteiger partial charge on any atom is 0.252 e. The van der Waals surface area contributed by atoms with E-state index >= 15 is 0 Å². The summed E-state index contributed by atoms with van der Waals surface area (Å²) in [6, 6.07) is 13.6. The first-order chi connectivity index (χ1) is 13.3. The minimum Gasteiger partial charge on any atom is -0.346 e. The first kappa shape index (κ1) is 16.2. The third-order valence-electron chi connectivity index (χ3n) is 4.31. The number of nitrogens with one attached hydrogen (secondary N) is 1. The molecule has 0 bridgehead atoms. The lowest BCUT2D eigenvalue weighted by Crippen LogP contribution is -2.23. The van der Waals surface area contributed by atoms with Crippen LogP contribution in [0.2, 0.25) is 0 Å². The second kappa shape index (κ2) is 6.61. The van der Waals surface area contributed by atoms with Crippen molar-refractivity contribution in [1.29, 1.82) is 0 Å². The van der Waals surface area contributed by atoms with Gasteiger partial charge in [0.05, 0.1) is 33.9 Å². The van der Waals surface area contributed by atoms with Crippen LogP contribution in [-0.4, -0.2) is 20.3 Å². The minimum absolute atomic E-state index is 0.122. The molecule has 5 aromatic rings. The maximum atomic E-state index is 12.9. The van der Waals surface area contributed by atoms with Crippen molar-refractivity contribution in [2.24, 2.45) is 0 Å². The molecule has 0 atom stereocenters. The average molecular weight is 390 g/mol. The number of thiophene rings is 1. The van der Waals surface area contributed by atoms with Crippen LogP contribution in [-0.2, 0) is 6.54 Å². The van der Waals surface area contributed by atoms with Crippen LogP contribution < -0.4 is 5.32 Å². The summed E-state index contributed by atoms with van der Waals surface area (Å²) in [5.41, 5.74) is 3.10. The summed E-state index contributed by atoms with van der Waals surface area (Å²) in [5, 5.41) is 7.84. The van der Waals surface area contributed by atoms with Crippen LogP contribution in [0.15, 0.2) is 65.6 Å². The number of carbonyl (C=O) groups excluding carboxylic acids is 1. The predicted molar refractivity (Wildman–Crippen MR) is 109 cm³/mol. The largest absolute Gasteiger partial charge is 0.346 e. The van der Waals surface area contributed by atoms with E-state index in [0.717, 1.165) is 32.1 Å². The van der Waals surface area contributed by atoms with Gasteiger partial charge in [0.2, 0.25) is 0 Å². The highest BCUT2D eigenvalue weighted by atomic mass is 32.1. The van der Waals surface area contributed by atoms with Crippen LogP contribution in [0.5, 0.6) is 0 Å². The van der Waals surface area contributed by atoms with Gasteiger partial charge in [0, 0.05) is 23.2 Å². The molecule has 0 aliphatic heterocycles.